The van der Waals surface area contributed by atoms with E-state index < -0.39 is 11.9 Å². The number of carbonyl (C=O) groups is 5. The molecule has 0 heterocycles. The molecular formula is C53H68O10. The van der Waals surface area contributed by atoms with Crippen LogP contribution in [-0.4, -0.2) is 62.4 Å². The molecule has 0 atom stereocenters. The van der Waals surface area contributed by atoms with Crippen LogP contribution in [-0.2, 0) is 47.7 Å². The molecule has 0 bridgehead atoms. The maximum Gasteiger partial charge on any atom is 0.384 e. The maximum absolute atomic E-state index is 12.6. The normalized spacial score (nSPS) is 14.1. The molecule has 0 spiro atoms. The molecule has 0 aromatic heterocycles. The Kier molecular flexibility index (Phi) is 27.1. The van der Waals surface area contributed by atoms with Crippen molar-refractivity contribution >= 4 is 29.8 Å². The zero-order chi connectivity index (χ0) is 45.2. The molecule has 1 fully saturated rings. The van der Waals surface area contributed by atoms with E-state index in [9.17, 15) is 24.0 Å². The van der Waals surface area contributed by atoms with Gasteiger partial charge in [-0.1, -0.05) is 139 Å². The minimum absolute atomic E-state index is 0.152. The molecule has 63 heavy (non-hydrogen) atoms. The summed E-state index contributed by atoms with van der Waals surface area (Å²) >= 11 is 0. The van der Waals surface area contributed by atoms with Crippen molar-refractivity contribution in [3.63, 3.8) is 0 Å². The van der Waals surface area contributed by atoms with Gasteiger partial charge in [0.15, 0.2) is 0 Å². The van der Waals surface area contributed by atoms with Gasteiger partial charge in [-0.2, -0.15) is 0 Å². The van der Waals surface area contributed by atoms with Crippen LogP contribution < -0.4 is 0 Å². The number of esters is 5. The third-order valence-electron chi connectivity index (χ3n) is 10.9. The zero-order valence-electron chi connectivity index (χ0n) is 37.3. The molecule has 3 rings (SSSR count). The highest BCUT2D eigenvalue weighted by atomic mass is 16.6. The highest BCUT2D eigenvalue weighted by molar-refractivity contribution is 5.90. The molecule has 10 heteroatoms. The number of hydrogen-bond donors (Lipinski definition) is 0. The first-order chi connectivity index (χ1) is 30.8. The Labute approximate surface area is 375 Å². The molecule has 0 aliphatic heterocycles. The van der Waals surface area contributed by atoms with Gasteiger partial charge in [0.25, 0.3) is 0 Å². The van der Waals surface area contributed by atoms with Gasteiger partial charge < -0.3 is 23.7 Å². The predicted molar refractivity (Wildman–Crippen MR) is 245 cm³/mol. The van der Waals surface area contributed by atoms with Gasteiger partial charge in [-0.3, -0.25) is 4.79 Å². The third-order valence-corrected chi connectivity index (χ3v) is 10.9. The molecule has 0 saturated heterocycles. The van der Waals surface area contributed by atoms with E-state index in [2.05, 4.69) is 36.8 Å². The lowest BCUT2D eigenvalue weighted by atomic mass is 9.87. The van der Waals surface area contributed by atoms with E-state index in [1.54, 1.807) is 0 Å². The van der Waals surface area contributed by atoms with Crippen LogP contribution >= 0.6 is 0 Å². The van der Waals surface area contributed by atoms with Crippen LogP contribution in [0.25, 0.3) is 11.1 Å². The van der Waals surface area contributed by atoms with Crippen molar-refractivity contribution in [1.29, 1.82) is 0 Å². The average Bonchev–Trinajstić information content (AvgIpc) is 3.30. The Balaban J connectivity index is 1.21. The lowest BCUT2D eigenvalue weighted by Gasteiger charge is -2.26. The van der Waals surface area contributed by atoms with Crippen LogP contribution in [0.15, 0.2) is 73.8 Å². The minimum atomic E-state index is -0.574. The summed E-state index contributed by atoms with van der Waals surface area (Å²) in [7, 11) is 0. The second-order valence-corrected chi connectivity index (χ2v) is 15.9. The summed E-state index contributed by atoms with van der Waals surface area (Å²) in [6.07, 6.45) is 23.8. The Hall–Kier alpha value is -5.61. The summed E-state index contributed by atoms with van der Waals surface area (Å²) in [5.41, 5.74) is 3.35. The summed E-state index contributed by atoms with van der Waals surface area (Å²) in [4.78, 5) is 59.2. The average molecular weight is 865 g/mol. The van der Waals surface area contributed by atoms with E-state index in [1.807, 2.05) is 48.5 Å². The van der Waals surface area contributed by atoms with E-state index in [0.717, 1.165) is 94.6 Å². The Morgan fingerprint density at radius 1 is 0.460 bits per heavy atom. The molecule has 1 aliphatic rings. The fraction of sp³-hybridized carbons (Fsp3) is 0.528. The number of ether oxygens (including phenoxy) is 5. The summed E-state index contributed by atoms with van der Waals surface area (Å²) in [5.74, 6) is 8.80. The fourth-order valence-electron chi connectivity index (χ4n) is 7.17. The summed E-state index contributed by atoms with van der Waals surface area (Å²) in [5, 5.41) is 0. The molecular weight excluding hydrogens is 797 g/mol. The Morgan fingerprint density at radius 2 is 0.810 bits per heavy atom. The van der Waals surface area contributed by atoms with Gasteiger partial charge in [-0.25, -0.2) is 19.2 Å². The van der Waals surface area contributed by atoms with Gasteiger partial charge in [0.1, 0.15) is 6.10 Å². The van der Waals surface area contributed by atoms with Crippen LogP contribution in [0.3, 0.4) is 0 Å². The molecule has 1 aliphatic carbocycles. The van der Waals surface area contributed by atoms with E-state index in [4.69, 9.17) is 23.7 Å². The fourth-order valence-corrected chi connectivity index (χ4v) is 7.17. The van der Waals surface area contributed by atoms with Crippen molar-refractivity contribution < 1.29 is 47.7 Å². The molecule has 0 radical (unpaired) electrons. The number of hydrogen-bond acceptors (Lipinski definition) is 10. The highest BCUT2D eigenvalue weighted by Crippen LogP contribution is 2.27. The van der Waals surface area contributed by atoms with Crippen molar-refractivity contribution in [2.75, 3.05) is 26.4 Å². The molecule has 0 unspecified atom stereocenters. The first-order valence-corrected chi connectivity index (χ1v) is 23.1. The van der Waals surface area contributed by atoms with Gasteiger partial charge in [0, 0.05) is 35.1 Å². The zero-order valence-corrected chi connectivity index (χ0v) is 37.3. The van der Waals surface area contributed by atoms with Gasteiger partial charge in [-0.15, -0.1) is 0 Å². The first kappa shape index (κ1) is 51.7. The number of benzene rings is 2. The highest BCUT2D eigenvalue weighted by Gasteiger charge is 2.29. The predicted octanol–water partition coefficient (Wildman–Crippen LogP) is 10.7. The van der Waals surface area contributed by atoms with E-state index >= 15 is 0 Å². The third kappa shape index (κ3) is 24.6. The second kappa shape index (κ2) is 33.0. The molecule has 340 valence electrons. The van der Waals surface area contributed by atoms with Crippen LogP contribution in [0, 0.1) is 29.6 Å². The lowest BCUT2D eigenvalue weighted by molar-refractivity contribution is -0.152. The van der Waals surface area contributed by atoms with Crippen LogP contribution in [0.5, 0.6) is 0 Å². The lowest BCUT2D eigenvalue weighted by Crippen LogP contribution is -2.28. The molecule has 10 nitrogen and oxygen atoms in total. The number of rotatable bonds is 29. The molecule has 2 aromatic carbocycles. The van der Waals surface area contributed by atoms with Crippen LogP contribution in [0.1, 0.15) is 152 Å². The van der Waals surface area contributed by atoms with Gasteiger partial charge in [-0.05, 0) is 86.8 Å². The number of carbonyl (C=O) groups excluding carboxylic acids is 5. The van der Waals surface area contributed by atoms with Crippen molar-refractivity contribution in [2.45, 2.75) is 147 Å². The summed E-state index contributed by atoms with van der Waals surface area (Å²) < 4.78 is 26.4. The standard InChI is InChI=1S/C53H68O10/c1-3-49(54)59-39-19-15-11-7-5-9-13-17-21-41-61-51(56)37-27-43-23-29-45(30-24-43)46-31-25-44(26-32-46)28-38-52(57)63-48-35-33-47(34-36-48)53(58)62-42-22-18-14-10-6-8-12-16-20-40-60-50(55)4-2/h3-4,23-26,29-32,47-48H,1-2,5-22,33-36,39-42H2. The second-order valence-electron chi connectivity index (χ2n) is 15.9. The van der Waals surface area contributed by atoms with Crippen molar-refractivity contribution in [3.05, 3.63) is 85.0 Å². The van der Waals surface area contributed by atoms with Crippen LogP contribution in [0.4, 0.5) is 0 Å². The van der Waals surface area contributed by atoms with Gasteiger partial charge in [0.05, 0.1) is 32.3 Å². The van der Waals surface area contributed by atoms with Crippen LogP contribution in [0.2, 0.25) is 0 Å². The van der Waals surface area contributed by atoms with Crippen molar-refractivity contribution in [2.24, 2.45) is 5.92 Å². The monoisotopic (exact) mass is 864 g/mol. The van der Waals surface area contributed by atoms with E-state index in [0.29, 0.717) is 63.2 Å². The largest absolute Gasteiger partial charge is 0.465 e. The summed E-state index contributed by atoms with van der Waals surface area (Å²) in [6, 6.07) is 15.2. The van der Waals surface area contributed by atoms with E-state index in [-0.39, 0.29) is 29.9 Å². The first-order valence-electron chi connectivity index (χ1n) is 23.1. The van der Waals surface area contributed by atoms with Gasteiger partial charge in [0.2, 0.25) is 0 Å². The Bertz CT molecular complexity index is 1810. The Morgan fingerprint density at radius 3 is 1.21 bits per heavy atom. The smallest absolute Gasteiger partial charge is 0.384 e. The molecule has 2 aromatic rings. The topological polar surface area (TPSA) is 132 Å². The van der Waals surface area contributed by atoms with Crippen molar-refractivity contribution in [1.82, 2.24) is 0 Å². The molecule has 0 N–H and O–H groups in total. The van der Waals surface area contributed by atoms with Crippen molar-refractivity contribution in [3.8, 4) is 34.8 Å². The quantitative estimate of drug-likeness (QED) is 0.0256. The molecule has 1 saturated carbocycles. The van der Waals surface area contributed by atoms with E-state index in [1.165, 1.54) is 44.3 Å². The SMILES string of the molecule is C=CC(=O)OCCCCCCCCCCCOC(=O)C#Cc1ccc(-c2ccc(C#CC(=O)OC3CCC(C(=O)OCCCCCCCCCCCOC(=O)C=C)CC3)cc2)cc1. The van der Waals surface area contributed by atoms with Gasteiger partial charge >= 0.3 is 29.8 Å². The maximum atomic E-state index is 12.6. The number of unbranched alkanes of at least 4 members (excludes halogenated alkanes) is 16. The summed E-state index contributed by atoms with van der Waals surface area (Å²) in [6.45, 7) is 8.49. The minimum Gasteiger partial charge on any atom is -0.465 e. The molecule has 0 amide bonds.